The molecule has 1 aromatic carbocycles. The molecule has 108 valence electrons. The molecular formula is C13H17N3O3S. The molecule has 0 aliphatic carbocycles. The Morgan fingerprint density at radius 2 is 1.95 bits per heavy atom. The van der Waals surface area contributed by atoms with Crippen molar-refractivity contribution in [1.82, 2.24) is 9.88 Å². The summed E-state index contributed by atoms with van der Waals surface area (Å²) >= 11 is 0. The summed E-state index contributed by atoms with van der Waals surface area (Å²) in [5.74, 6) is 0.267. The average molecular weight is 295 g/mol. The van der Waals surface area contributed by atoms with Crippen LogP contribution in [0, 0.1) is 13.8 Å². The van der Waals surface area contributed by atoms with Gasteiger partial charge in [-0.05, 0) is 19.4 Å². The second-order valence-corrected chi connectivity index (χ2v) is 6.23. The number of nitrogens with two attached hydrogens (primary N) is 1. The summed E-state index contributed by atoms with van der Waals surface area (Å²) < 4.78 is 31.8. The quantitative estimate of drug-likeness (QED) is 0.865. The second kappa shape index (κ2) is 5.74. The first-order valence-corrected chi connectivity index (χ1v) is 7.63. The number of hydrogen-bond acceptors (Lipinski definition) is 5. The fourth-order valence-electron chi connectivity index (χ4n) is 1.95. The van der Waals surface area contributed by atoms with Crippen LogP contribution in [0.5, 0.6) is 0 Å². The van der Waals surface area contributed by atoms with Gasteiger partial charge in [-0.3, -0.25) is 0 Å². The predicted molar refractivity (Wildman–Crippen MR) is 74.5 cm³/mol. The first-order valence-electron chi connectivity index (χ1n) is 6.15. The molecule has 0 fully saturated rings. The molecule has 1 aromatic heterocycles. The maximum atomic E-state index is 12.2. The van der Waals surface area contributed by atoms with Gasteiger partial charge in [0.1, 0.15) is 10.6 Å². The molecule has 0 saturated carbocycles. The summed E-state index contributed by atoms with van der Waals surface area (Å²) in [4.78, 5) is 0.0813. The van der Waals surface area contributed by atoms with Crippen LogP contribution in [0.3, 0.4) is 0 Å². The fraction of sp³-hybridized carbons (Fsp3) is 0.308. The number of nitrogens with one attached hydrogen (secondary N) is 1. The van der Waals surface area contributed by atoms with E-state index in [2.05, 4.69) is 9.88 Å². The number of nitrogens with zero attached hydrogens (tertiary/aromatic N) is 1. The van der Waals surface area contributed by atoms with Crippen molar-refractivity contribution in [2.24, 2.45) is 5.73 Å². The minimum absolute atomic E-state index is 0.0813. The molecule has 2 rings (SSSR count). The monoisotopic (exact) mass is 295 g/mol. The molecule has 7 heteroatoms. The van der Waals surface area contributed by atoms with Gasteiger partial charge in [0.15, 0.2) is 5.76 Å². The van der Waals surface area contributed by atoms with Crippen LogP contribution >= 0.6 is 0 Å². The van der Waals surface area contributed by atoms with Crippen LogP contribution in [0.1, 0.15) is 23.1 Å². The topological polar surface area (TPSA) is 98.2 Å². The van der Waals surface area contributed by atoms with E-state index in [9.17, 15) is 8.42 Å². The van der Waals surface area contributed by atoms with Gasteiger partial charge in [0.05, 0.1) is 0 Å². The van der Waals surface area contributed by atoms with Crippen LogP contribution in [-0.2, 0) is 10.0 Å². The van der Waals surface area contributed by atoms with Gasteiger partial charge in [0, 0.05) is 12.6 Å². The molecule has 6 nitrogen and oxygen atoms in total. The third-order valence-corrected chi connectivity index (χ3v) is 4.62. The Bertz CT molecular complexity index is 661. The lowest BCUT2D eigenvalue weighted by Crippen LogP contribution is -2.32. The minimum Gasteiger partial charge on any atom is -0.360 e. The van der Waals surface area contributed by atoms with Crippen LogP contribution < -0.4 is 10.5 Å². The molecule has 0 amide bonds. The average Bonchev–Trinajstić information content (AvgIpc) is 2.77. The van der Waals surface area contributed by atoms with E-state index >= 15 is 0 Å². The SMILES string of the molecule is Cc1noc(C)c1S(=O)(=O)NCC(N)c1ccccc1. The Morgan fingerprint density at radius 3 is 2.50 bits per heavy atom. The molecule has 0 bridgehead atoms. The molecule has 0 spiro atoms. The van der Waals surface area contributed by atoms with E-state index in [1.54, 1.807) is 13.8 Å². The summed E-state index contributed by atoms with van der Waals surface area (Å²) in [6.45, 7) is 3.25. The van der Waals surface area contributed by atoms with Crippen molar-refractivity contribution < 1.29 is 12.9 Å². The highest BCUT2D eigenvalue weighted by Crippen LogP contribution is 2.19. The van der Waals surface area contributed by atoms with Gasteiger partial charge >= 0.3 is 0 Å². The van der Waals surface area contributed by atoms with E-state index in [4.69, 9.17) is 10.3 Å². The summed E-state index contributed by atoms with van der Waals surface area (Å²) in [6, 6.07) is 8.90. The van der Waals surface area contributed by atoms with E-state index in [0.717, 1.165) is 5.56 Å². The first kappa shape index (κ1) is 14.7. The standard InChI is InChI=1S/C13H17N3O3S/c1-9-13(10(2)19-16-9)20(17,18)15-8-12(14)11-6-4-3-5-7-11/h3-7,12,15H,8,14H2,1-2H3. The molecule has 20 heavy (non-hydrogen) atoms. The Kier molecular flexibility index (Phi) is 4.22. The fourth-order valence-corrected chi connectivity index (χ4v) is 3.33. The van der Waals surface area contributed by atoms with Crippen LogP contribution in [-0.4, -0.2) is 20.1 Å². The van der Waals surface area contributed by atoms with Gasteiger partial charge in [-0.1, -0.05) is 35.5 Å². The lowest BCUT2D eigenvalue weighted by atomic mass is 10.1. The number of aryl methyl sites for hydroxylation is 2. The highest BCUT2D eigenvalue weighted by molar-refractivity contribution is 7.89. The van der Waals surface area contributed by atoms with Crippen LogP contribution in [0.25, 0.3) is 0 Å². The molecular weight excluding hydrogens is 278 g/mol. The number of benzene rings is 1. The highest BCUT2D eigenvalue weighted by Gasteiger charge is 2.24. The van der Waals surface area contributed by atoms with Gasteiger partial charge in [-0.2, -0.15) is 0 Å². The van der Waals surface area contributed by atoms with Crippen molar-refractivity contribution in [1.29, 1.82) is 0 Å². The minimum atomic E-state index is -3.67. The van der Waals surface area contributed by atoms with Crippen LogP contribution in [0.4, 0.5) is 0 Å². The van der Waals surface area contributed by atoms with Gasteiger partial charge in [-0.25, -0.2) is 13.1 Å². The van der Waals surface area contributed by atoms with Gasteiger partial charge in [-0.15, -0.1) is 0 Å². The molecule has 1 atom stereocenters. The zero-order valence-corrected chi connectivity index (χ0v) is 12.1. The summed E-state index contributed by atoms with van der Waals surface area (Å²) in [7, 11) is -3.67. The van der Waals surface area contributed by atoms with Crippen LogP contribution in [0.2, 0.25) is 0 Å². The second-order valence-electron chi connectivity index (χ2n) is 4.52. The maximum absolute atomic E-state index is 12.2. The number of hydrogen-bond donors (Lipinski definition) is 2. The first-order chi connectivity index (χ1) is 9.42. The lowest BCUT2D eigenvalue weighted by molar-refractivity contribution is 0.390. The Morgan fingerprint density at radius 1 is 1.30 bits per heavy atom. The van der Waals surface area contributed by atoms with E-state index in [-0.39, 0.29) is 17.2 Å². The third-order valence-electron chi connectivity index (χ3n) is 2.96. The van der Waals surface area contributed by atoms with Gasteiger partial charge in [0.25, 0.3) is 0 Å². The highest BCUT2D eigenvalue weighted by atomic mass is 32.2. The summed E-state index contributed by atoms with van der Waals surface area (Å²) in [5, 5.41) is 3.64. The zero-order chi connectivity index (χ0) is 14.8. The Hall–Kier alpha value is -1.70. The predicted octanol–water partition coefficient (Wildman–Crippen LogP) is 1.27. The molecule has 3 N–H and O–H groups in total. The number of sulfonamides is 1. The molecule has 0 radical (unpaired) electrons. The zero-order valence-electron chi connectivity index (χ0n) is 11.3. The number of rotatable bonds is 5. The molecule has 0 saturated heterocycles. The Balaban J connectivity index is 2.11. The summed E-state index contributed by atoms with van der Waals surface area (Å²) in [5.41, 5.74) is 7.17. The lowest BCUT2D eigenvalue weighted by Gasteiger charge is -2.13. The van der Waals surface area contributed by atoms with E-state index in [0.29, 0.717) is 5.69 Å². The molecule has 2 aromatic rings. The largest absolute Gasteiger partial charge is 0.360 e. The van der Waals surface area contributed by atoms with Crippen molar-refractivity contribution in [2.75, 3.05) is 6.54 Å². The normalized spacial score (nSPS) is 13.3. The number of aromatic nitrogens is 1. The van der Waals surface area contributed by atoms with Crippen molar-refractivity contribution in [2.45, 2.75) is 24.8 Å². The van der Waals surface area contributed by atoms with Gasteiger partial charge < -0.3 is 10.3 Å². The smallest absolute Gasteiger partial charge is 0.246 e. The van der Waals surface area contributed by atoms with Crippen molar-refractivity contribution >= 4 is 10.0 Å². The van der Waals surface area contributed by atoms with Gasteiger partial charge in [0.2, 0.25) is 10.0 Å². The van der Waals surface area contributed by atoms with Crippen LogP contribution in [0.15, 0.2) is 39.8 Å². The third kappa shape index (κ3) is 3.06. The van der Waals surface area contributed by atoms with Crippen molar-refractivity contribution in [3.05, 3.63) is 47.3 Å². The Labute approximate surface area is 118 Å². The van der Waals surface area contributed by atoms with Crippen molar-refractivity contribution in [3.63, 3.8) is 0 Å². The van der Waals surface area contributed by atoms with E-state index in [1.165, 1.54) is 0 Å². The maximum Gasteiger partial charge on any atom is 0.246 e. The summed E-state index contributed by atoms with van der Waals surface area (Å²) in [6.07, 6.45) is 0. The molecule has 0 aliphatic heterocycles. The molecule has 0 aliphatic rings. The van der Waals surface area contributed by atoms with E-state index < -0.39 is 16.1 Å². The molecule has 1 unspecified atom stereocenters. The van der Waals surface area contributed by atoms with Crippen molar-refractivity contribution in [3.8, 4) is 0 Å². The van der Waals surface area contributed by atoms with E-state index in [1.807, 2.05) is 30.3 Å². The molecule has 1 heterocycles.